The lowest BCUT2D eigenvalue weighted by atomic mass is 10.1. The SMILES string of the molecule is CC[C@H](Nc1ccc(C)cc1C)C(=O)N/N=C\c1ccc([N+](=O)[O-])cc1. The van der Waals surface area contributed by atoms with Crippen LogP contribution in [0.1, 0.15) is 30.0 Å². The molecule has 0 radical (unpaired) electrons. The molecule has 0 aliphatic carbocycles. The van der Waals surface area contributed by atoms with Gasteiger partial charge in [0.05, 0.1) is 11.1 Å². The average molecular weight is 354 g/mol. The summed E-state index contributed by atoms with van der Waals surface area (Å²) in [6.45, 7) is 5.93. The van der Waals surface area contributed by atoms with Crippen molar-refractivity contribution in [3.63, 3.8) is 0 Å². The van der Waals surface area contributed by atoms with Crippen LogP contribution in [0.4, 0.5) is 11.4 Å². The Kier molecular flexibility index (Phi) is 6.43. The van der Waals surface area contributed by atoms with Gasteiger partial charge in [0.25, 0.3) is 11.6 Å². The highest BCUT2D eigenvalue weighted by molar-refractivity contribution is 5.87. The van der Waals surface area contributed by atoms with Gasteiger partial charge in [0.2, 0.25) is 0 Å². The molecule has 0 aromatic heterocycles. The lowest BCUT2D eigenvalue weighted by Crippen LogP contribution is -2.37. The second-order valence-corrected chi connectivity index (χ2v) is 6.01. The Morgan fingerprint density at radius 3 is 2.50 bits per heavy atom. The number of hydrogen-bond acceptors (Lipinski definition) is 5. The van der Waals surface area contributed by atoms with Crippen LogP contribution in [0.5, 0.6) is 0 Å². The maximum absolute atomic E-state index is 12.3. The second kappa shape index (κ2) is 8.75. The Morgan fingerprint density at radius 1 is 1.23 bits per heavy atom. The van der Waals surface area contributed by atoms with Gasteiger partial charge < -0.3 is 5.32 Å². The number of nitrogens with zero attached hydrogens (tertiary/aromatic N) is 2. The summed E-state index contributed by atoms with van der Waals surface area (Å²) in [4.78, 5) is 22.5. The van der Waals surface area contributed by atoms with Crippen LogP contribution in [0, 0.1) is 24.0 Å². The van der Waals surface area contributed by atoms with Crippen LogP contribution in [0.2, 0.25) is 0 Å². The monoisotopic (exact) mass is 354 g/mol. The maximum atomic E-state index is 12.3. The molecule has 2 N–H and O–H groups in total. The Hall–Kier alpha value is -3.22. The van der Waals surface area contributed by atoms with Crippen LogP contribution >= 0.6 is 0 Å². The van der Waals surface area contributed by atoms with E-state index in [1.54, 1.807) is 12.1 Å². The van der Waals surface area contributed by atoms with Crippen molar-refractivity contribution in [1.29, 1.82) is 0 Å². The highest BCUT2D eigenvalue weighted by Gasteiger charge is 2.16. The predicted molar refractivity (Wildman–Crippen MR) is 102 cm³/mol. The van der Waals surface area contributed by atoms with Crippen LogP contribution in [-0.2, 0) is 4.79 Å². The van der Waals surface area contributed by atoms with E-state index in [0.717, 1.165) is 11.3 Å². The number of aryl methyl sites for hydroxylation is 2. The maximum Gasteiger partial charge on any atom is 0.269 e. The number of carbonyl (C=O) groups excluding carboxylic acids is 1. The zero-order valence-electron chi connectivity index (χ0n) is 15.0. The zero-order valence-corrected chi connectivity index (χ0v) is 15.0. The molecule has 2 aromatic rings. The number of hydrogen-bond donors (Lipinski definition) is 2. The number of rotatable bonds is 7. The Bertz CT molecular complexity index is 816. The van der Waals surface area contributed by atoms with Gasteiger partial charge in [-0.2, -0.15) is 5.10 Å². The van der Waals surface area contributed by atoms with Crippen molar-refractivity contribution >= 4 is 23.5 Å². The van der Waals surface area contributed by atoms with Gasteiger partial charge in [0.15, 0.2) is 0 Å². The molecule has 2 aromatic carbocycles. The van der Waals surface area contributed by atoms with Gasteiger partial charge in [-0.15, -0.1) is 0 Å². The molecule has 7 heteroatoms. The lowest BCUT2D eigenvalue weighted by Gasteiger charge is -2.18. The second-order valence-electron chi connectivity index (χ2n) is 6.01. The highest BCUT2D eigenvalue weighted by Crippen LogP contribution is 2.17. The first kappa shape index (κ1) is 19.1. The van der Waals surface area contributed by atoms with E-state index in [2.05, 4.69) is 21.9 Å². The molecular formula is C19H22N4O3. The quantitative estimate of drug-likeness (QED) is 0.451. The first-order valence-electron chi connectivity index (χ1n) is 8.32. The minimum absolute atomic E-state index is 0.00917. The van der Waals surface area contributed by atoms with E-state index in [1.807, 2.05) is 32.9 Å². The summed E-state index contributed by atoms with van der Waals surface area (Å²) in [7, 11) is 0. The van der Waals surface area contributed by atoms with Crippen molar-refractivity contribution in [2.75, 3.05) is 5.32 Å². The number of nitro benzene ring substituents is 1. The molecule has 0 spiro atoms. The first-order chi connectivity index (χ1) is 12.4. The molecule has 0 saturated carbocycles. The summed E-state index contributed by atoms with van der Waals surface area (Å²) in [5, 5.41) is 17.8. The van der Waals surface area contributed by atoms with Crippen LogP contribution in [0.25, 0.3) is 0 Å². The summed E-state index contributed by atoms with van der Waals surface area (Å²) in [5.41, 5.74) is 6.33. The Labute approximate surface area is 152 Å². The van der Waals surface area contributed by atoms with E-state index < -0.39 is 11.0 Å². The molecule has 7 nitrogen and oxygen atoms in total. The largest absolute Gasteiger partial charge is 0.373 e. The van der Waals surface area contributed by atoms with Gasteiger partial charge in [-0.3, -0.25) is 14.9 Å². The van der Waals surface area contributed by atoms with Crippen LogP contribution in [-0.4, -0.2) is 23.1 Å². The average Bonchev–Trinajstić information content (AvgIpc) is 2.61. The van der Waals surface area contributed by atoms with Crippen molar-refractivity contribution in [2.24, 2.45) is 5.10 Å². The Balaban J connectivity index is 1.96. The molecule has 1 atom stereocenters. The summed E-state index contributed by atoms with van der Waals surface area (Å²) in [6.07, 6.45) is 2.05. The summed E-state index contributed by atoms with van der Waals surface area (Å²) < 4.78 is 0. The van der Waals surface area contributed by atoms with Gasteiger partial charge in [-0.1, -0.05) is 24.6 Å². The molecular weight excluding hydrogens is 332 g/mol. The van der Waals surface area contributed by atoms with E-state index >= 15 is 0 Å². The normalized spacial score (nSPS) is 12.0. The van der Waals surface area contributed by atoms with E-state index in [9.17, 15) is 14.9 Å². The fourth-order valence-corrected chi connectivity index (χ4v) is 2.45. The molecule has 2 rings (SSSR count). The van der Waals surface area contributed by atoms with E-state index in [4.69, 9.17) is 0 Å². The van der Waals surface area contributed by atoms with Gasteiger partial charge >= 0.3 is 0 Å². The molecule has 0 heterocycles. The lowest BCUT2D eigenvalue weighted by molar-refractivity contribution is -0.384. The number of hydrazone groups is 1. The molecule has 0 aliphatic rings. The molecule has 0 fully saturated rings. The first-order valence-corrected chi connectivity index (χ1v) is 8.32. The van der Waals surface area contributed by atoms with Gasteiger partial charge in [-0.05, 0) is 49.6 Å². The van der Waals surface area contributed by atoms with Gasteiger partial charge in [0, 0.05) is 17.8 Å². The molecule has 0 bridgehead atoms. The van der Waals surface area contributed by atoms with Crippen LogP contribution in [0.3, 0.4) is 0 Å². The number of anilines is 1. The minimum atomic E-state index is -0.465. The number of benzene rings is 2. The number of carbonyl (C=O) groups is 1. The van der Waals surface area contributed by atoms with Crippen molar-refractivity contribution in [3.05, 3.63) is 69.3 Å². The Morgan fingerprint density at radius 2 is 1.92 bits per heavy atom. The van der Waals surface area contributed by atoms with Gasteiger partial charge in [-0.25, -0.2) is 5.43 Å². The van der Waals surface area contributed by atoms with E-state index in [-0.39, 0.29) is 11.6 Å². The smallest absolute Gasteiger partial charge is 0.269 e. The fourth-order valence-electron chi connectivity index (χ4n) is 2.45. The number of nitro groups is 1. The zero-order chi connectivity index (χ0) is 19.1. The van der Waals surface area contributed by atoms with Crippen LogP contribution < -0.4 is 10.7 Å². The molecule has 0 saturated heterocycles. The van der Waals surface area contributed by atoms with Gasteiger partial charge in [0.1, 0.15) is 6.04 Å². The van der Waals surface area contributed by atoms with Crippen LogP contribution in [0.15, 0.2) is 47.6 Å². The third kappa shape index (κ3) is 5.14. The molecule has 1 amide bonds. The van der Waals surface area contributed by atoms with E-state index in [0.29, 0.717) is 12.0 Å². The number of nitrogens with one attached hydrogen (secondary N) is 2. The summed E-state index contributed by atoms with van der Waals surface area (Å²) in [6, 6.07) is 11.5. The molecule has 0 unspecified atom stereocenters. The topological polar surface area (TPSA) is 96.6 Å². The molecule has 26 heavy (non-hydrogen) atoms. The standard InChI is InChI=1S/C19H22N4O3/c1-4-17(21-18-10-5-13(2)11-14(18)3)19(24)22-20-12-15-6-8-16(9-7-15)23(25)26/h5-12,17,21H,4H2,1-3H3,(H,22,24)/b20-12-/t17-/m0/s1. The fraction of sp³-hybridized carbons (Fsp3) is 0.263. The predicted octanol–water partition coefficient (Wildman–Crippen LogP) is 3.55. The van der Waals surface area contributed by atoms with Crippen molar-refractivity contribution in [3.8, 4) is 0 Å². The number of amides is 1. The summed E-state index contributed by atoms with van der Waals surface area (Å²) in [5.74, 6) is -0.245. The van der Waals surface area contributed by atoms with Crippen molar-refractivity contribution in [1.82, 2.24) is 5.43 Å². The molecule has 136 valence electrons. The minimum Gasteiger partial charge on any atom is -0.373 e. The number of non-ortho nitro benzene ring substituents is 1. The third-order valence-corrected chi connectivity index (χ3v) is 3.93. The van der Waals surface area contributed by atoms with Crippen molar-refractivity contribution in [2.45, 2.75) is 33.2 Å². The summed E-state index contributed by atoms with van der Waals surface area (Å²) >= 11 is 0. The van der Waals surface area contributed by atoms with Crippen molar-refractivity contribution < 1.29 is 9.72 Å². The van der Waals surface area contributed by atoms with E-state index in [1.165, 1.54) is 23.9 Å². The highest BCUT2D eigenvalue weighted by atomic mass is 16.6. The third-order valence-electron chi connectivity index (χ3n) is 3.93. The molecule has 0 aliphatic heterocycles.